The largest absolute Gasteiger partial charge is 0.489 e. The Morgan fingerprint density at radius 2 is 2.12 bits per heavy atom. The highest BCUT2D eigenvalue weighted by Gasteiger charge is 2.29. The molecule has 16 heavy (non-hydrogen) atoms. The van der Waals surface area contributed by atoms with Gasteiger partial charge in [0, 0.05) is 0 Å². The Bertz CT molecular complexity index is 465. The van der Waals surface area contributed by atoms with E-state index >= 15 is 0 Å². The molecule has 1 fully saturated rings. The number of sulfone groups is 1. The van der Waals surface area contributed by atoms with Crippen molar-refractivity contribution < 1.29 is 13.2 Å². The second-order valence-corrected chi connectivity index (χ2v) is 6.33. The molecule has 88 valence electrons. The standard InChI is InChI=1S/C12H16O3S/c1-2-10-5-3-4-6-12(10)15-11-7-8-16(13,14)9-11/h3-6,11H,2,7-9H2,1H3. The van der Waals surface area contributed by atoms with Crippen LogP contribution in [0.4, 0.5) is 0 Å². The van der Waals surface area contributed by atoms with E-state index in [1.54, 1.807) is 0 Å². The number of ether oxygens (including phenoxy) is 1. The zero-order chi connectivity index (χ0) is 11.6. The zero-order valence-corrected chi connectivity index (χ0v) is 10.2. The molecule has 0 amide bonds. The van der Waals surface area contributed by atoms with Gasteiger partial charge in [-0.15, -0.1) is 0 Å². The number of benzene rings is 1. The summed E-state index contributed by atoms with van der Waals surface area (Å²) in [6.45, 7) is 2.06. The first-order chi connectivity index (χ1) is 7.61. The number of hydrogen-bond acceptors (Lipinski definition) is 3. The van der Waals surface area contributed by atoms with Crippen molar-refractivity contribution in [1.82, 2.24) is 0 Å². The summed E-state index contributed by atoms with van der Waals surface area (Å²) in [6, 6.07) is 7.80. The molecule has 0 spiro atoms. The van der Waals surface area contributed by atoms with Crippen LogP contribution in [-0.4, -0.2) is 26.0 Å². The van der Waals surface area contributed by atoms with Crippen molar-refractivity contribution in [2.24, 2.45) is 0 Å². The van der Waals surface area contributed by atoms with Gasteiger partial charge in [0.05, 0.1) is 11.5 Å². The van der Waals surface area contributed by atoms with Crippen molar-refractivity contribution in [3.05, 3.63) is 29.8 Å². The number of para-hydroxylation sites is 1. The lowest BCUT2D eigenvalue weighted by molar-refractivity contribution is 0.227. The van der Waals surface area contributed by atoms with E-state index in [0.717, 1.165) is 17.7 Å². The molecule has 1 aliphatic rings. The zero-order valence-electron chi connectivity index (χ0n) is 9.35. The third-order valence-electron chi connectivity index (χ3n) is 2.84. The van der Waals surface area contributed by atoms with Gasteiger partial charge in [0.15, 0.2) is 9.84 Å². The fourth-order valence-corrected chi connectivity index (χ4v) is 3.53. The first-order valence-corrected chi connectivity index (χ1v) is 7.38. The Hall–Kier alpha value is -1.03. The van der Waals surface area contributed by atoms with Crippen LogP contribution in [-0.2, 0) is 16.3 Å². The van der Waals surface area contributed by atoms with Crippen LogP contribution in [0.1, 0.15) is 18.9 Å². The average molecular weight is 240 g/mol. The summed E-state index contributed by atoms with van der Waals surface area (Å²) in [6.07, 6.45) is 1.34. The molecule has 1 saturated heterocycles. The Labute approximate surface area is 96.4 Å². The number of hydrogen-bond donors (Lipinski definition) is 0. The van der Waals surface area contributed by atoms with Crippen molar-refractivity contribution in [1.29, 1.82) is 0 Å². The second-order valence-electron chi connectivity index (χ2n) is 4.10. The first kappa shape index (κ1) is 11.5. The summed E-state index contributed by atoms with van der Waals surface area (Å²) in [7, 11) is -2.86. The van der Waals surface area contributed by atoms with E-state index in [4.69, 9.17) is 4.74 Å². The van der Waals surface area contributed by atoms with E-state index in [1.165, 1.54) is 0 Å². The molecule has 1 aromatic rings. The molecule has 0 bridgehead atoms. The molecule has 1 aliphatic heterocycles. The van der Waals surface area contributed by atoms with Crippen LogP contribution in [0.25, 0.3) is 0 Å². The third kappa shape index (κ3) is 2.55. The van der Waals surface area contributed by atoms with Crippen molar-refractivity contribution >= 4 is 9.84 Å². The van der Waals surface area contributed by atoms with Crippen LogP contribution in [0.15, 0.2) is 24.3 Å². The predicted molar refractivity (Wildman–Crippen MR) is 63.5 cm³/mol. The van der Waals surface area contributed by atoms with E-state index in [1.807, 2.05) is 24.3 Å². The van der Waals surface area contributed by atoms with E-state index in [9.17, 15) is 8.42 Å². The lowest BCUT2D eigenvalue weighted by atomic mass is 10.1. The van der Waals surface area contributed by atoms with Crippen molar-refractivity contribution in [3.63, 3.8) is 0 Å². The molecule has 0 saturated carbocycles. The van der Waals surface area contributed by atoms with Gasteiger partial charge in [-0.25, -0.2) is 8.42 Å². The van der Waals surface area contributed by atoms with Crippen LogP contribution < -0.4 is 4.74 Å². The highest BCUT2D eigenvalue weighted by Crippen LogP contribution is 2.23. The summed E-state index contributed by atoms with van der Waals surface area (Å²) < 4.78 is 28.4. The highest BCUT2D eigenvalue weighted by molar-refractivity contribution is 7.91. The molecular formula is C12H16O3S. The summed E-state index contributed by atoms with van der Waals surface area (Å²) in [5.41, 5.74) is 1.13. The molecule has 0 N–H and O–H groups in total. The first-order valence-electron chi connectivity index (χ1n) is 5.56. The van der Waals surface area contributed by atoms with Gasteiger partial charge in [0.25, 0.3) is 0 Å². The maximum atomic E-state index is 11.3. The molecular weight excluding hydrogens is 224 g/mol. The minimum atomic E-state index is -2.86. The van der Waals surface area contributed by atoms with Gasteiger partial charge in [0.2, 0.25) is 0 Å². The quantitative estimate of drug-likeness (QED) is 0.809. The fraction of sp³-hybridized carbons (Fsp3) is 0.500. The highest BCUT2D eigenvalue weighted by atomic mass is 32.2. The molecule has 1 unspecified atom stereocenters. The third-order valence-corrected chi connectivity index (χ3v) is 4.58. The van der Waals surface area contributed by atoms with Gasteiger partial charge in [-0.1, -0.05) is 25.1 Å². The molecule has 1 atom stereocenters. The monoisotopic (exact) mass is 240 g/mol. The molecule has 1 aromatic carbocycles. The Kier molecular flexibility index (Phi) is 3.19. The predicted octanol–water partition coefficient (Wildman–Crippen LogP) is 1.81. The van der Waals surface area contributed by atoms with Crippen LogP contribution >= 0.6 is 0 Å². The van der Waals surface area contributed by atoms with Crippen LogP contribution in [0, 0.1) is 0 Å². The van der Waals surface area contributed by atoms with E-state index in [0.29, 0.717) is 6.42 Å². The van der Waals surface area contributed by atoms with Gasteiger partial charge in [0.1, 0.15) is 11.9 Å². The van der Waals surface area contributed by atoms with Crippen molar-refractivity contribution in [2.75, 3.05) is 11.5 Å². The van der Waals surface area contributed by atoms with E-state index in [2.05, 4.69) is 6.92 Å². The minimum absolute atomic E-state index is 0.158. The lowest BCUT2D eigenvalue weighted by Gasteiger charge is -2.14. The Morgan fingerprint density at radius 3 is 2.75 bits per heavy atom. The van der Waals surface area contributed by atoms with E-state index < -0.39 is 9.84 Å². The summed E-state index contributed by atoms with van der Waals surface area (Å²) in [5.74, 6) is 1.24. The smallest absolute Gasteiger partial charge is 0.154 e. The summed E-state index contributed by atoms with van der Waals surface area (Å²) in [5, 5.41) is 0. The molecule has 2 rings (SSSR count). The molecule has 0 radical (unpaired) electrons. The number of rotatable bonds is 3. The van der Waals surface area contributed by atoms with Gasteiger partial charge in [-0.05, 0) is 24.5 Å². The maximum absolute atomic E-state index is 11.3. The average Bonchev–Trinajstić information content (AvgIpc) is 2.59. The van der Waals surface area contributed by atoms with Gasteiger partial charge >= 0.3 is 0 Å². The van der Waals surface area contributed by atoms with Crippen LogP contribution in [0.2, 0.25) is 0 Å². The molecule has 4 heteroatoms. The van der Waals surface area contributed by atoms with E-state index in [-0.39, 0.29) is 17.6 Å². The number of aryl methyl sites for hydroxylation is 1. The fourth-order valence-electron chi connectivity index (χ4n) is 1.94. The summed E-state index contributed by atoms with van der Waals surface area (Å²) in [4.78, 5) is 0. The topological polar surface area (TPSA) is 43.4 Å². The molecule has 0 aromatic heterocycles. The molecule has 1 heterocycles. The van der Waals surface area contributed by atoms with Crippen molar-refractivity contribution in [2.45, 2.75) is 25.9 Å². The Morgan fingerprint density at radius 1 is 1.38 bits per heavy atom. The lowest BCUT2D eigenvalue weighted by Crippen LogP contribution is -2.18. The normalized spacial score (nSPS) is 23.2. The van der Waals surface area contributed by atoms with Crippen molar-refractivity contribution in [3.8, 4) is 5.75 Å². The van der Waals surface area contributed by atoms with Crippen LogP contribution in [0.5, 0.6) is 5.75 Å². The second kappa shape index (κ2) is 4.45. The minimum Gasteiger partial charge on any atom is -0.489 e. The molecule has 0 aliphatic carbocycles. The van der Waals surface area contributed by atoms with Gasteiger partial charge in [-0.3, -0.25) is 0 Å². The van der Waals surface area contributed by atoms with Gasteiger partial charge in [-0.2, -0.15) is 0 Å². The SMILES string of the molecule is CCc1ccccc1OC1CCS(=O)(=O)C1. The summed E-state index contributed by atoms with van der Waals surface area (Å²) >= 11 is 0. The molecule has 3 nitrogen and oxygen atoms in total. The van der Waals surface area contributed by atoms with Gasteiger partial charge < -0.3 is 4.74 Å². The van der Waals surface area contributed by atoms with Crippen LogP contribution in [0.3, 0.4) is 0 Å². The Balaban J connectivity index is 2.10. The maximum Gasteiger partial charge on any atom is 0.154 e.